The molecule has 1 atom stereocenters. The lowest BCUT2D eigenvalue weighted by atomic mass is 9.92. The van der Waals surface area contributed by atoms with Crippen molar-refractivity contribution in [3.63, 3.8) is 0 Å². The van der Waals surface area contributed by atoms with Crippen molar-refractivity contribution in [2.75, 3.05) is 13.1 Å². The zero-order chi connectivity index (χ0) is 23.5. The summed E-state index contributed by atoms with van der Waals surface area (Å²) in [6.07, 6.45) is 11.0. The van der Waals surface area contributed by atoms with Gasteiger partial charge in [-0.25, -0.2) is 4.98 Å². The number of carbonyl (C=O) groups excluding carboxylic acids is 2. The third-order valence-electron chi connectivity index (χ3n) is 7.95. The van der Waals surface area contributed by atoms with E-state index in [2.05, 4.69) is 24.0 Å². The number of hydrogen-bond acceptors (Lipinski definition) is 4. The fraction of sp³-hybridized carbons (Fsp3) is 0.607. The average molecular weight is 480 g/mol. The van der Waals surface area contributed by atoms with Gasteiger partial charge in [-0.3, -0.25) is 9.59 Å². The quantitative estimate of drug-likeness (QED) is 0.491. The molecule has 5 nitrogen and oxygen atoms in total. The van der Waals surface area contributed by atoms with Gasteiger partial charge < -0.3 is 9.80 Å². The molecule has 0 bridgehead atoms. The van der Waals surface area contributed by atoms with Crippen LogP contribution in [0, 0.1) is 0 Å². The summed E-state index contributed by atoms with van der Waals surface area (Å²) in [7, 11) is 0. The Morgan fingerprint density at radius 1 is 1.00 bits per heavy atom. The molecule has 6 heteroatoms. The summed E-state index contributed by atoms with van der Waals surface area (Å²) in [4.78, 5) is 35.7. The Bertz CT molecular complexity index is 973. The smallest absolute Gasteiger partial charge is 0.273 e. The van der Waals surface area contributed by atoms with Crippen LogP contribution >= 0.6 is 11.3 Å². The van der Waals surface area contributed by atoms with E-state index in [0.29, 0.717) is 23.7 Å². The lowest BCUT2D eigenvalue weighted by Crippen LogP contribution is -2.43. The molecule has 2 heterocycles. The summed E-state index contributed by atoms with van der Waals surface area (Å²) in [5.74, 6) is 0.680. The lowest BCUT2D eigenvalue weighted by molar-refractivity contribution is -0.134. The zero-order valence-electron chi connectivity index (χ0n) is 20.3. The molecule has 0 N–H and O–H groups in total. The Hall–Kier alpha value is -2.21. The number of piperidine rings is 1. The van der Waals surface area contributed by atoms with E-state index in [9.17, 15) is 9.59 Å². The number of amides is 2. The zero-order valence-corrected chi connectivity index (χ0v) is 21.1. The van der Waals surface area contributed by atoms with Crippen LogP contribution in [0.3, 0.4) is 0 Å². The fourth-order valence-corrected chi connectivity index (χ4v) is 6.82. The van der Waals surface area contributed by atoms with Crippen molar-refractivity contribution < 1.29 is 9.59 Å². The highest BCUT2D eigenvalue weighted by Gasteiger charge is 2.39. The van der Waals surface area contributed by atoms with Crippen LogP contribution in [0.4, 0.5) is 0 Å². The normalized spacial score (nSPS) is 20.8. The van der Waals surface area contributed by atoms with E-state index in [0.717, 1.165) is 68.6 Å². The summed E-state index contributed by atoms with van der Waals surface area (Å²) in [5, 5.41) is 3.06. The van der Waals surface area contributed by atoms with Crippen LogP contribution in [0.5, 0.6) is 0 Å². The van der Waals surface area contributed by atoms with E-state index in [4.69, 9.17) is 4.98 Å². The van der Waals surface area contributed by atoms with Gasteiger partial charge in [0, 0.05) is 36.5 Å². The first-order valence-electron chi connectivity index (χ1n) is 13.3. The standard InChI is InChI=1S/C28H37N3O2S/c1-2-24(20-9-5-3-6-10-20)27(32)30-17-15-21(16-18-30)26-29-25(19-34-26)28(33)31(23-13-14-23)22-11-7-4-8-12-22/h3,5-6,9-10,19,21-24H,2,4,7-8,11-18H2,1H3. The minimum absolute atomic E-state index is 0.0602. The van der Waals surface area contributed by atoms with E-state index in [-0.39, 0.29) is 17.7 Å². The van der Waals surface area contributed by atoms with Gasteiger partial charge in [0.1, 0.15) is 5.69 Å². The summed E-state index contributed by atoms with van der Waals surface area (Å²) in [6.45, 7) is 3.63. The highest BCUT2D eigenvalue weighted by Crippen LogP contribution is 2.36. The molecule has 34 heavy (non-hydrogen) atoms. The molecule has 1 saturated heterocycles. The van der Waals surface area contributed by atoms with E-state index in [1.54, 1.807) is 11.3 Å². The Morgan fingerprint density at radius 2 is 1.68 bits per heavy atom. The average Bonchev–Trinajstić information content (AvgIpc) is 3.59. The molecule has 0 radical (unpaired) electrons. The second kappa shape index (κ2) is 10.6. The summed E-state index contributed by atoms with van der Waals surface area (Å²) >= 11 is 1.64. The van der Waals surface area contributed by atoms with Crippen molar-refractivity contribution in [3.8, 4) is 0 Å². The van der Waals surface area contributed by atoms with Crippen LogP contribution in [-0.4, -0.2) is 51.8 Å². The number of thiazole rings is 1. The van der Waals surface area contributed by atoms with Crippen LogP contribution < -0.4 is 0 Å². The first-order valence-corrected chi connectivity index (χ1v) is 14.2. The van der Waals surface area contributed by atoms with Gasteiger partial charge in [-0.05, 0) is 50.5 Å². The van der Waals surface area contributed by atoms with Crippen molar-refractivity contribution in [3.05, 3.63) is 52.0 Å². The molecular weight excluding hydrogens is 442 g/mol. The minimum atomic E-state index is -0.0602. The molecule has 1 unspecified atom stereocenters. The predicted molar refractivity (Wildman–Crippen MR) is 136 cm³/mol. The number of likely N-dealkylation sites (tertiary alicyclic amines) is 1. The summed E-state index contributed by atoms with van der Waals surface area (Å²) in [5.41, 5.74) is 1.75. The van der Waals surface area contributed by atoms with Crippen LogP contribution in [0.15, 0.2) is 35.7 Å². The molecule has 1 aromatic heterocycles. The molecule has 2 amide bonds. The van der Waals surface area contributed by atoms with Gasteiger partial charge in [0.15, 0.2) is 0 Å². The maximum Gasteiger partial charge on any atom is 0.273 e. The molecule has 1 aromatic carbocycles. The van der Waals surface area contributed by atoms with Crippen molar-refractivity contribution in [2.45, 2.75) is 95.1 Å². The third-order valence-corrected chi connectivity index (χ3v) is 8.96. The third kappa shape index (κ3) is 5.07. The van der Waals surface area contributed by atoms with Crippen molar-refractivity contribution in [1.82, 2.24) is 14.8 Å². The minimum Gasteiger partial charge on any atom is -0.342 e. The SMILES string of the molecule is CCC(C(=O)N1CCC(c2nc(C(=O)N(C3CCCCC3)C3CC3)cs2)CC1)c1ccccc1. The van der Waals surface area contributed by atoms with E-state index < -0.39 is 0 Å². The molecule has 2 saturated carbocycles. The van der Waals surface area contributed by atoms with Gasteiger partial charge in [-0.15, -0.1) is 11.3 Å². The molecule has 2 aromatic rings. The highest BCUT2D eigenvalue weighted by molar-refractivity contribution is 7.09. The van der Waals surface area contributed by atoms with Crippen molar-refractivity contribution >= 4 is 23.2 Å². The molecule has 3 aliphatic rings. The number of hydrogen-bond donors (Lipinski definition) is 0. The van der Waals surface area contributed by atoms with Crippen LogP contribution in [-0.2, 0) is 4.79 Å². The first kappa shape index (κ1) is 23.5. The molecule has 2 aliphatic carbocycles. The van der Waals surface area contributed by atoms with Crippen LogP contribution in [0.1, 0.15) is 104 Å². The second-order valence-electron chi connectivity index (χ2n) is 10.3. The molecule has 0 spiro atoms. The number of nitrogens with zero attached hydrogens (tertiary/aromatic N) is 3. The van der Waals surface area contributed by atoms with Crippen LogP contribution in [0.2, 0.25) is 0 Å². The van der Waals surface area contributed by atoms with E-state index in [1.807, 2.05) is 28.5 Å². The van der Waals surface area contributed by atoms with Crippen molar-refractivity contribution in [2.24, 2.45) is 0 Å². The number of benzene rings is 1. The Balaban J connectivity index is 1.20. The number of aromatic nitrogens is 1. The molecule has 182 valence electrons. The van der Waals surface area contributed by atoms with Gasteiger partial charge in [0.2, 0.25) is 5.91 Å². The Labute approximate surface area is 207 Å². The first-order chi connectivity index (χ1) is 16.7. The molecule has 5 rings (SSSR count). The Morgan fingerprint density at radius 3 is 2.32 bits per heavy atom. The van der Waals surface area contributed by atoms with Gasteiger partial charge in [0.25, 0.3) is 5.91 Å². The van der Waals surface area contributed by atoms with Crippen molar-refractivity contribution in [1.29, 1.82) is 0 Å². The second-order valence-corrected chi connectivity index (χ2v) is 11.2. The molecule has 1 aliphatic heterocycles. The van der Waals surface area contributed by atoms with Gasteiger partial charge >= 0.3 is 0 Å². The summed E-state index contributed by atoms with van der Waals surface area (Å²) < 4.78 is 0. The topological polar surface area (TPSA) is 53.5 Å². The fourth-order valence-electron chi connectivity index (χ4n) is 5.85. The molecule has 3 fully saturated rings. The van der Waals surface area contributed by atoms with E-state index >= 15 is 0 Å². The lowest BCUT2D eigenvalue weighted by Gasteiger charge is -2.34. The molecular formula is C28H37N3O2S. The maximum absolute atomic E-state index is 13.4. The number of rotatable bonds is 7. The highest BCUT2D eigenvalue weighted by atomic mass is 32.1. The predicted octanol–water partition coefficient (Wildman–Crippen LogP) is 5.98. The van der Waals surface area contributed by atoms with E-state index in [1.165, 1.54) is 19.3 Å². The number of carbonyl (C=O) groups is 2. The summed E-state index contributed by atoms with van der Waals surface area (Å²) in [6, 6.07) is 11.0. The van der Waals surface area contributed by atoms with Crippen LogP contribution in [0.25, 0.3) is 0 Å². The largest absolute Gasteiger partial charge is 0.342 e. The maximum atomic E-state index is 13.4. The van der Waals surface area contributed by atoms with Gasteiger partial charge in [-0.2, -0.15) is 0 Å². The van der Waals surface area contributed by atoms with Gasteiger partial charge in [-0.1, -0.05) is 56.5 Å². The monoisotopic (exact) mass is 479 g/mol. The Kier molecular flexibility index (Phi) is 7.33. The van der Waals surface area contributed by atoms with Gasteiger partial charge in [0.05, 0.1) is 10.9 Å².